The summed E-state index contributed by atoms with van der Waals surface area (Å²) in [5, 5.41) is 9.32. The molecule has 3 amide bonds. The maximum absolute atomic E-state index is 12.3. The molecule has 0 radical (unpaired) electrons. The first kappa shape index (κ1) is 21.6. The molecule has 31 heavy (non-hydrogen) atoms. The van der Waals surface area contributed by atoms with E-state index in [2.05, 4.69) is 27.5 Å². The number of carbonyl (C=O) groups is 3. The Morgan fingerprint density at radius 1 is 1.03 bits per heavy atom. The number of alkyl halides is 1. The number of benzene rings is 2. The predicted octanol–water partition coefficient (Wildman–Crippen LogP) is 2.84. The minimum Gasteiger partial charge on any atom is -0.352 e. The highest BCUT2D eigenvalue weighted by atomic mass is 19.1. The van der Waals surface area contributed by atoms with Gasteiger partial charge >= 0.3 is 0 Å². The van der Waals surface area contributed by atoms with E-state index in [-0.39, 0.29) is 24.7 Å². The molecule has 0 spiro atoms. The van der Waals surface area contributed by atoms with E-state index in [0.29, 0.717) is 11.4 Å². The van der Waals surface area contributed by atoms with Crippen molar-refractivity contribution in [3.63, 3.8) is 0 Å². The Morgan fingerprint density at radius 3 is 2.61 bits per heavy atom. The Hall–Kier alpha value is -4.07. The molecule has 0 bridgehead atoms. The highest BCUT2D eigenvalue weighted by Crippen LogP contribution is 2.28. The summed E-state index contributed by atoms with van der Waals surface area (Å²) in [6.07, 6.45) is 1.20. The number of pyridine rings is 1. The zero-order valence-electron chi connectivity index (χ0n) is 16.7. The van der Waals surface area contributed by atoms with Crippen LogP contribution in [0.15, 0.2) is 67.3 Å². The maximum Gasteiger partial charge on any atom is 0.270 e. The SMILES string of the molecule is C=CC(=O)Nc1cccc2ccc(-c3cccc(C(=O)NCC(=O)NCCF)n3)cc12. The highest BCUT2D eigenvalue weighted by molar-refractivity contribution is 6.06. The molecule has 2 aromatic carbocycles. The van der Waals surface area contributed by atoms with Gasteiger partial charge < -0.3 is 16.0 Å². The van der Waals surface area contributed by atoms with E-state index in [1.807, 2.05) is 30.3 Å². The molecule has 1 aromatic heterocycles. The van der Waals surface area contributed by atoms with Crippen LogP contribution in [0.3, 0.4) is 0 Å². The second kappa shape index (κ2) is 10.1. The number of aromatic nitrogens is 1. The Morgan fingerprint density at radius 2 is 1.84 bits per heavy atom. The third kappa shape index (κ3) is 5.51. The van der Waals surface area contributed by atoms with Crippen LogP contribution in [-0.2, 0) is 9.59 Å². The lowest BCUT2D eigenvalue weighted by atomic mass is 10.0. The van der Waals surface area contributed by atoms with Gasteiger partial charge in [-0.3, -0.25) is 14.4 Å². The topological polar surface area (TPSA) is 100 Å². The summed E-state index contributed by atoms with van der Waals surface area (Å²) >= 11 is 0. The number of rotatable bonds is 8. The van der Waals surface area contributed by atoms with E-state index in [4.69, 9.17) is 0 Å². The van der Waals surface area contributed by atoms with Crippen molar-refractivity contribution in [2.75, 3.05) is 25.1 Å². The van der Waals surface area contributed by atoms with Crippen molar-refractivity contribution in [3.8, 4) is 11.3 Å². The van der Waals surface area contributed by atoms with Crippen molar-refractivity contribution in [1.82, 2.24) is 15.6 Å². The smallest absolute Gasteiger partial charge is 0.270 e. The van der Waals surface area contributed by atoms with E-state index >= 15 is 0 Å². The summed E-state index contributed by atoms with van der Waals surface area (Å²) in [5.74, 6) is -1.31. The van der Waals surface area contributed by atoms with Gasteiger partial charge in [0.1, 0.15) is 12.4 Å². The van der Waals surface area contributed by atoms with E-state index in [0.717, 1.165) is 16.3 Å². The molecule has 7 nitrogen and oxygen atoms in total. The Labute approximate surface area is 178 Å². The molecule has 158 valence electrons. The Balaban J connectivity index is 1.84. The number of nitrogens with zero attached hydrogens (tertiary/aromatic N) is 1. The third-order valence-electron chi connectivity index (χ3n) is 4.43. The van der Waals surface area contributed by atoms with Crippen molar-refractivity contribution in [1.29, 1.82) is 0 Å². The summed E-state index contributed by atoms with van der Waals surface area (Å²) in [6, 6.07) is 16.2. The summed E-state index contributed by atoms with van der Waals surface area (Å²) < 4.78 is 12.1. The normalized spacial score (nSPS) is 10.4. The zero-order chi connectivity index (χ0) is 22.2. The van der Waals surface area contributed by atoms with Gasteiger partial charge in [0, 0.05) is 23.2 Å². The monoisotopic (exact) mass is 420 g/mol. The lowest BCUT2D eigenvalue weighted by Crippen LogP contribution is -2.37. The number of hydrogen-bond acceptors (Lipinski definition) is 4. The van der Waals surface area contributed by atoms with Crippen LogP contribution in [0.4, 0.5) is 10.1 Å². The van der Waals surface area contributed by atoms with Crippen LogP contribution < -0.4 is 16.0 Å². The molecule has 0 unspecified atom stereocenters. The van der Waals surface area contributed by atoms with Crippen molar-refractivity contribution >= 4 is 34.2 Å². The number of fused-ring (bicyclic) bond motifs is 1. The van der Waals surface area contributed by atoms with E-state index < -0.39 is 18.5 Å². The molecular formula is C23H21FN4O3. The van der Waals surface area contributed by atoms with Gasteiger partial charge in [0.15, 0.2) is 0 Å². The maximum atomic E-state index is 12.3. The molecule has 3 aromatic rings. The number of anilines is 1. The molecular weight excluding hydrogens is 399 g/mol. The standard InChI is InChI=1S/C23H21FN4O3/c1-2-21(29)28-19-7-3-5-15-9-10-16(13-17(15)19)18-6-4-8-20(27-18)23(31)26-14-22(30)25-12-11-24/h2-10,13H,1,11-12,14H2,(H,25,30)(H,26,31)(H,28,29). The van der Waals surface area contributed by atoms with Crippen LogP contribution in [0.1, 0.15) is 10.5 Å². The van der Waals surface area contributed by atoms with Gasteiger partial charge in [-0.05, 0) is 35.7 Å². The van der Waals surface area contributed by atoms with E-state index in [9.17, 15) is 18.8 Å². The largest absolute Gasteiger partial charge is 0.352 e. The number of nitrogens with one attached hydrogen (secondary N) is 3. The van der Waals surface area contributed by atoms with Crippen molar-refractivity contribution in [3.05, 3.63) is 72.9 Å². The van der Waals surface area contributed by atoms with E-state index in [1.165, 1.54) is 12.1 Å². The van der Waals surface area contributed by atoms with Gasteiger partial charge in [-0.15, -0.1) is 0 Å². The number of halogens is 1. The molecule has 0 saturated heterocycles. The van der Waals surface area contributed by atoms with Crippen LogP contribution in [0.25, 0.3) is 22.0 Å². The molecule has 0 aliphatic rings. The van der Waals surface area contributed by atoms with Gasteiger partial charge in [0.25, 0.3) is 5.91 Å². The van der Waals surface area contributed by atoms with Crippen LogP contribution >= 0.6 is 0 Å². The van der Waals surface area contributed by atoms with Crippen molar-refractivity contribution < 1.29 is 18.8 Å². The van der Waals surface area contributed by atoms with Gasteiger partial charge in [-0.2, -0.15) is 0 Å². The van der Waals surface area contributed by atoms with Crippen LogP contribution in [0.5, 0.6) is 0 Å². The van der Waals surface area contributed by atoms with Crippen LogP contribution in [0.2, 0.25) is 0 Å². The molecule has 3 N–H and O–H groups in total. The van der Waals surface area contributed by atoms with Gasteiger partial charge in [-0.25, -0.2) is 9.37 Å². The fourth-order valence-corrected chi connectivity index (χ4v) is 2.95. The molecule has 0 fully saturated rings. The summed E-state index contributed by atoms with van der Waals surface area (Å²) in [5.41, 5.74) is 2.09. The average Bonchev–Trinajstić information content (AvgIpc) is 2.81. The fraction of sp³-hybridized carbons (Fsp3) is 0.130. The summed E-state index contributed by atoms with van der Waals surface area (Å²) in [6.45, 7) is 2.43. The van der Waals surface area contributed by atoms with Gasteiger partial charge in [0.05, 0.1) is 12.2 Å². The summed E-state index contributed by atoms with van der Waals surface area (Å²) in [7, 11) is 0. The van der Waals surface area contributed by atoms with Gasteiger partial charge in [0.2, 0.25) is 11.8 Å². The van der Waals surface area contributed by atoms with Gasteiger partial charge in [-0.1, -0.05) is 36.9 Å². The second-order valence-electron chi connectivity index (χ2n) is 6.56. The Bertz CT molecular complexity index is 1150. The first-order valence-corrected chi connectivity index (χ1v) is 9.56. The second-order valence-corrected chi connectivity index (χ2v) is 6.56. The molecule has 3 rings (SSSR count). The molecule has 0 aliphatic heterocycles. The number of amides is 3. The molecule has 0 saturated carbocycles. The van der Waals surface area contributed by atoms with Crippen molar-refractivity contribution in [2.45, 2.75) is 0 Å². The van der Waals surface area contributed by atoms with E-state index in [1.54, 1.807) is 18.2 Å². The van der Waals surface area contributed by atoms with Crippen LogP contribution in [-0.4, -0.2) is 42.5 Å². The molecule has 8 heteroatoms. The first-order chi connectivity index (χ1) is 15.0. The number of hydrogen-bond donors (Lipinski definition) is 3. The first-order valence-electron chi connectivity index (χ1n) is 9.56. The zero-order valence-corrected chi connectivity index (χ0v) is 16.7. The lowest BCUT2D eigenvalue weighted by Gasteiger charge is -2.10. The minimum absolute atomic E-state index is 0.0976. The highest BCUT2D eigenvalue weighted by Gasteiger charge is 2.12. The fourth-order valence-electron chi connectivity index (χ4n) is 2.95. The molecule has 0 atom stereocenters. The van der Waals surface area contributed by atoms with Crippen LogP contribution in [0, 0.1) is 0 Å². The third-order valence-corrected chi connectivity index (χ3v) is 4.43. The predicted molar refractivity (Wildman–Crippen MR) is 117 cm³/mol. The molecule has 0 aliphatic carbocycles. The molecule has 1 heterocycles. The lowest BCUT2D eigenvalue weighted by molar-refractivity contribution is -0.120. The van der Waals surface area contributed by atoms with Crippen molar-refractivity contribution in [2.24, 2.45) is 0 Å². The minimum atomic E-state index is -0.673. The average molecular weight is 420 g/mol. The Kier molecular flexibility index (Phi) is 7.05. The number of carbonyl (C=O) groups excluding carboxylic acids is 3. The quantitative estimate of drug-likeness (QED) is 0.488. The summed E-state index contributed by atoms with van der Waals surface area (Å²) in [4.78, 5) is 40.0.